The van der Waals surface area contributed by atoms with E-state index in [1.807, 2.05) is 30.3 Å². The second-order valence-corrected chi connectivity index (χ2v) is 4.29. The molecule has 0 spiro atoms. The van der Waals surface area contributed by atoms with Gasteiger partial charge in [0, 0.05) is 12.5 Å². The first-order chi connectivity index (χ1) is 8.22. The zero-order valence-electron chi connectivity index (χ0n) is 9.87. The minimum absolute atomic E-state index is 0.108. The van der Waals surface area contributed by atoms with Crippen molar-refractivity contribution in [2.24, 2.45) is 0 Å². The highest BCUT2D eigenvalue weighted by Crippen LogP contribution is 2.28. The molecule has 4 heteroatoms. The zero-order chi connectivity index (χ0) is 12.3. The second kappa shape index (κ2) is 5.19. The molecule has 0 aliphatic carbocycles. The van der Waals surface area contributed by atoms with Crippen LogP contribution in [-0.2, 0) is 4.74 Å². The standard InChI is InChI=1S/C13H17NO3/c1-17-13(16)14-8-7-11(12(15)9-14)10-5-3-2-4-6-10/h2-6,11-12,15H,7-9H2,1H3. The summed E-state index contributed by atoms with van der Waals surface area (Å²) in [7, 11) is 1.36. The molecule has 2 rings (SSSR count). The molecule has 1 aromatic carbocycles. The molecule has 1 N–H and O–H groups in total. The quantitative estimate of drug-likeness (QED) is 0.804. The van der Waals surface area contributed by atoms with Gasteiger partial charge in [0.15, 0.2) is 0 Å². The van der Waals surface area contributed by atoms with Gasteiger partial charge in [0.2, 0.25) is 0 Å². The summed E-state index contributed by atoms with van der Waals surface area (Å²) in [6.07, 6.45) is -0.124. The van der Waals surface area contributed by atoms with E-state index in [1.54, 1.807) is 4.90 Å². The molecular weight excluding hydrogens is 218 g/mol. The van der Waals surface area contributed by atoms with Crippen molar-refractivity contribution < 1.29 is 14.6 Å². The summed E-state index contributed by atoms with van der Waals surface area (Å²) >= 11 is 0. The Morgan fingerprint density at radius 1 is 1.41 bits per heavy atom. The first-order valence-electron chi connectivity index (χ1n) is 5.78. The van der Waals surface area contributed by atoms with Gasteiger partial charge in [-0.05, 0) is 12.0 Å². The van der Waals surface area contributed by atoms with Gasteiger partial charge in [-0.1, -0.05) is 30.3 Å². The number of nitrogens with zero attached hydrogens (tertiary/aromatic N) is 1. The highest BCUT2D eigenvalue weighted by atomic mass is 16.5. The first-order valence-corrected chi connectivity index (χ1v) is 5.78. The molecule has 4 nitrogen and oxygen atoms in total. The maximum atomic E-state index is 11.3. The van der Waals surface area contributed by atoms with Crippen molar-refractivity contribution in [2.45, 2.75) is 18.4 Å². The predicted octanol–water partition coefficient (Wildman–Crippen LogP) is 1.60. The topological polar surface area (TPSA) is 49.8 Å². The number of hydrogen-bond donors (Lipinski definition) is 1. The molecule has 2 unspecified atom stereocenters. The van der Waals surface area contributed by atoms with Crippen LogP contribution in [0, 0.1) is 0 Å². The fourth-order valence-corrected chi connectivity index (χ4v) is 2.32. The summed E-state index contributed by atoms with van der Waals surface area (Å²) in [5, 5.41) is 10.1. The Hall–Kier alpha value is -1.55. The molecule has 1 aliphatic rings. The minimum atomic E-state index is -0.523. The molecule has 2 atom stereocenters. The van der Waals surface area contributed by atoms with E-state index >= 15 is 0 Å². The summed E-state index contributed by atoms with van der Waals surface area (Å²) in [4.78, 5) is 12.9. The van der Waals surface area contributed by atoms with Crippen LogP contribution in [0.3, 0.4) is 0 Å². The molecule has 1 fully saturated rings. The monoisotopic (exact) mass is 235 g/mol. The maximum absolute atomic E-state index is 11.3. The lowest BCUT2D eigenvalue weighted by Crippen LogP contribution is -2.45. The van der Waals surface area contributed by atoms with Crippen molar-refractivity contribution in [3.8, 4) is 0 Å². The number of ether oxygens (including phenoxy) is 1. The number of amides is 1. The molecule has 1 saturated heterocycles. The Labute approximate surface area is 101 Å². The number of β-amino-alcohol motifs (C(OH)–C–C–N with tert-alkyl or cyclic N) is 1. The van der Waals surface area contributed by atoms with Crippen LogP contribution in [0.5, 0.6) is 0 Å². The van der Waals surface area contributed by atoms with Crippen LogP contribution in [-0.4, -0.2) is 42.4 Å². The zero-order valence-corrected chi connectivity index (χ0v) is 9.87. The minimum Gasteiger partial charge on any atom is -0.453 e. The van der Waals surface area contributed by atoms with Crippen LogP contribution in [0.25, 0.3) is 0 Å². The molecule has 1 heterocycles. The van der Waals surface area contributed by atoms with Gasteiger partial charge in [0.1, 0.15) is 0 Å². The molecule has 1 amide bonds. The number of carbonyl (C=O) groups excluding carboxylic acids is 1. The molecule has 1 aliphatic heterocycles. The average Bonchev–Trinajstić information content (AvgIpc) is 2.38. The third-order valence-corrected chi connectivity index (χ3v) is 3.24. The van der Waals surface area contributed by atoms with Gasteiger partial charge in [0.05, 0.1) is 19.8 Å². The highest BCUT2D eigenvalue weighted by molar-refractivity contribution is 5.67. The lowest BCUT2D eigenvalue weighted by atomic mass is 9.87. The van der Waals surface area contributed by atoms with Gasteiger partial charge in [-0.25, -0.2) is 4.79 Å². The Morgan fingerprint density at radius 2 is 2.12 bits per heavy atom. The van der Waals surface area contributed by atoms with Crippen molar-refractivity contribution in [3.05, 3.63) is 35.9 Å². The van der Waals surface area contributed by atoms with Gasteiger partial charge in [-0.15, -0.1) is 0 Å². The largest absolute Gasteiger partial charge is 0.453 e. The van der Waals surface area contributed by atoms with Crippen LogP contribution in [0.15, 0.2) is 30.3 Å². The van der Waals surface area contributed by atoms with Gasteiger partial charge in [-0.2, -0.15) is 0 Å². The summed E-state index contributed by atoms with van der Waals surface area (Å²) in [6.45, 7) is 0.968. The molecule has 0 radical (unpaired) electrons. The number of carbonyl (C=O) groups is 1. The molecule has 1 aromatic rings. The number of methoxy groups -OCH3 is 1. The summed E-state index contributed by atoms with van der Waals surface area (Å²) in [5.74, 6) is 0.108. The molecule has 0 bridgehead atoms. The van der Waals surface area contributed by atoms with Gasteiger partial charge in [-0.3, -0.25) is 0 Å². The van der Waals surface area contributed by atoms with Crippen molar-refractivity contribution in [1.82, 2.24) is 4.90 Å². The lowest BCUT2D eigenvalue weighted by molar-refractivity contribution is 0.0440. The number of likely N-dealkylation sites (tertiary alicyclic amines) is 1. The fraction of sp³-hybridized carbons (Fsp3) is 0.462. The number of aliphatic hydroxyl groups is 1. The van der Waals surface area contributed by atoms with E-state index in [0.29, 0.717) is 13.1 Å². The number of hydrogen-bond acceptors (Lipinski definition) is 3. The van der Waals surface area contributed by atoms with E-state index in [1.165, 1.54) is 7.11 Å². The fourth-order valence-electron chi connectivity index (χ4n) is 2.32. The van der Waals surface area contributed by atoms with Gasteiger partial charge < -0.3 is 14.7 Å². The molecule has 0 aromatic heterocycles. The Balaban J connectivity index is 2.04. The average molecular weight is 235 g/mol. The third-order valence-electron chi connectivity index (χ3n) is 3.24. The van der Waals surface area contributed by atoms with Crippen molar-refractivity contribution in [1.29, 1.82) is 0 Å². The Morgan fingerprint density at radius 3 is 2.71 bits per heavy atom. The highest BCUT2D eigenvalue weighted by Gasteiger charge is 2.31. The van der Waals surface area contributed by atoms with Crippen molar-refractivity contribution >= 4 is 6.09 Å². The van der Waals surface area contributed by atoms with Crippen LogP contribution < -0.4 is 0 Å². The van der Waals surface area contributed by atoms with Crippen LogP contribution in [0.1, 0.15) is 17.9 Å². The third kappa shape index (κ3) is 2.58. The summed E-state index contributed by atoms with van der Waals surface area (Å²) in [6, 6.07) is 9.92. The van der Waals surface area contributed by atoms with Gasteiger partial charge >= 0.3 is 6.09 Å². The normalized spacial score (nSPS) is 24.5. The SMILES string of the molecule is COC(=O)N1CCC(c2ccccc2)C(O)C1. The smallest absolute Gasteiger partial charge is 0.409 e. The molecule has 0 saturated carbocycles. The van der Waals surface area contributed by atoms with Crippen LogP contribution >= 0.6 is 0 Å². The van der Waals surface area contributed by atoms with E-state index in [-0.39, 0.29) is 12.0 Å². The summed E-state index contributed by atoms with van der Waals surface area (Å²) in [5.41, 5.74) is 1.13. The van der Waals surface area contributed by atoms with E-state index in [2.05, 4.69) is 4.74 Å². The van der Waals surface area contributed by atoms with Crippen LogP contribution in [0.4, 0.5) is 4.79 Å². The van der Waals surface area contributed by atoms with E-state index in [9.17, 15) is 9.90 Å². The molecule has 92 valence electrons. The first kappa shape index (κ1) is 11.9. The van der Waals surface area contributed by atoms with Crippen molar-refractivity contribution in [3.63, 3.8) is 0 Å². The van der Waals surface area contributed by atoms with E-state index in [4.69, 9.17) is 0 Å². The van der Waals surface area contributed by atoms with E-state index in [0.717, 1.165) is 12.0 Å². The number of benzene rings is 1. The maximum Gasteiger partial charge on any atom is 0.409 e. The Kier molecular flexibility index (Phi) is 3.64. The number of piperidine rings is 1. The van der Waals surface area contributed by atoms with Crippen molar-refractivity contribution in [2.75, 3.05) is 20.2 Å². The molecular formula is C13H17NO3. The second-order valence-electron chi connectivity index (χ2n) is 4.29. The summed E-state index contributed by atoms with van der Waals surface area (Å²) < 4.78 is 4.65. The number of aliphatic hydroxyl groups excluding tert-OH is 1. The lowest BCUT2D eigenvalue weighted by Gasteiger charge is -2.35. The predicted molar refractivity (Wildman–Crippen MR) is 63.8 cm³/mol. The van der Waals surface area contributed by atoms with Crippen LogP contribution in [0.2, 0.25) is 0 Å². The Bertz CT molecular complexity index is 380. The molecule has 17 heavy (non-hydrogen) atoms. The van der Waals surface area contributed by atoms with E-state index < -0.39 is 6.10 Å². The van der Waals surface area contributed by atoms with Gasteiger partial charge in [0.25, 0.3) is 0 Å². The number of rotatable bonds is 1.